The average molecular weight is 299 g/mol. The highest BCUT2D eigenvalue weighted by molar-refractivity contribution is 7.16. The SMILES string of the molecule is CC(CNC(c1ccco1)c1ccc(Cl)s1)N(C)C. The first kappa shape index (κ1) is 14.6. The van der Waals surface area contributed by atoms with Crippen molar-refractivity contribution in [3.63, 3.8) is 0 Å². The van der Waals surface area contributed by atoms with Gasteiger partial charge < -0.3 is 14.6 Å². The third-order valence-corrected chi connectivity index (χ3v) is 4.50. The van der Waals surface area contributed by atoms with Crippen molar-refractivity contribution in [1.82, 2.24) is 10.2 Å². The summed E-state index contributed by atoms with van der Waals surface area (Å²) < 4.78 is 6.34. The zero-order valence-electron chi connectivity index (χ0n) is 11.4. The Bertz CT molecular complexity index is 495. The van der Waals surface area contributed by atoms with Gasteiger partial charge in [-0.05, 0) is 45.3 Å². The molecule has 0 amide bonds. The van der Waals surface area contributed by atoms with Gasteiger partial charge in [-0.3, -0.25) is 0 Å². The number of rotatable bonds is 6. The molecule has 2 unspecified atom stereocenters. The molecule has 0 bridgehead atoms. The molecule has 0 aliphatic carbocycles. The quantitative estimate of drug-likeness (QED) is 0.883. The van der Waals surface area contributed by atoms with Crippen LogP contribution in [-0.4, -0.2) is 31.6 Å². The Labute approximate surface area is 123 Å². The Kier molecular flexibility index (Phi) is 5.05. The van der Waals surface area contributed by atoms with Crippen LogP contribution in [0.2, 0.25) is 4.34 Å². The van der Waals surface area contributed by atoms with Crippen LogP contribution in [0.4, 0.5) is 0 Å². The molecule has 0 aliphatic rings. The van der Waals surface area contributed by atoms with E-state index in [-0.39, 0.29) is 6.04 Å². The number of thiophene rings is 1. The maximum Gasteiger partial charge on any atom is 0.126 e. The molecule has 104 valence electrons. The summed E-state index contributed by atoms with van der Waals surface area (Å²) in [6.45, 7) is 3.07. The fourth-order valence-corrected chi connectivity index (χ4v) is 2.90. The maximum absolute atomic E-state index is 6.03. The van der Waals surface area contributed by atoms with Gasteiger partial charge in [0, 0.05) is 17.5 Å². The Morgan fingerprint density at radius 3 is 2.68 bits per heavy atom. The first-order valence-electron chi connectivity index (χ1n) is 6.26. The Morgan fingerprint density at radius 2 is 2.16 bits per heavy atom. The highest BCUT2D eigenvalue weighted by atomic mass is 35.5. The fourth-order valence-electron chi connectivity index (χ4n) is 1.75. The second kappa shape index (κ2) is 6.57. The number of halogens is 1. The van der Waals surface area contributed by atoms with Gasteiger partial charge in [0.2, 0.25) is 0 Å². The van der Waals surface area contributed by atoms with Crippen LogP contribution in [0.3, 0.4) is 0 Å². The topological polar surface area (TPSA) is 28.4 Å². The van der Waals surface area contributed by atoms with Crippen LogP contribution in [0.25, 0.3) is 0 Å². The van der Waals surface area contributed by atoms with Gasteiger partial charge in [-0.2, -0.15) is 0 Å². The molecule has 2 atom stereocenters. The van der Waals surface area contributed by atoms with Gasteiger partial charge >= 0.3 is 0 Å². The van der Waals surface area contributed by atoms with E-state index in [9.17, 15) is 0 Å². The lowest BCUT2D eigenvalue weighted by Crippen LogP contribution is -2.37. The first-order chi connectivity index (χ1) is 9.08. The minimum absolute atomic E-state index is 0.0647. The van der Waals surface area contributed by atoms with E-state index in [2.05, 4.69) is 31.2 Å². The molecular weight excluding hydrogens is 280 g/mol. The van der Waals surface area contributed by atoms with E-state index < -0.39 is 0 Å². The molecule has 0 saturated carbocycles. The molecule has 0 aliphatic heterocycles. The number of nitrogens with one attached hydrogen (secondary N) is 1. The Hall–Kier alpha value is -0.810. The van der Waals surface area contributed by atoms with Gasteiger partial charge in [0.1, 0.15) is 11.8 Å². The van der Waals surface area contributed by atoms with E-state index in [4.69, 9.17) is 16.0 Å². The van der Waals surface area contributed by atoms with Crippen molar-refractivity contribution >= 4 is 22.9 Å². The van der Waals surface area contributed by atoms with E-state index in [1.807, 2.05) is 24.3 Å². The minimum atomic E-state index is 0.0647. The summed E-state index contributed by atoms with van der Waals surface area (Å²) >= 11 is 7.61. The largest absolute Gasteiger partial charge is 0.467 e. The molecule has 0 fully saturated rings. The Morgan fingerprint density at radius 1 is 1.37 bits per heavy atom. The average Bonchev–Trinajstić information content (AvgIpc) is 3.01. The van der Waals surface area contributed by atoms with Crippen molar-refractivity contribution in [3.8, 4) is 0 Å². The molecular formula is C14H19ClN2OS. The summed E-state index contributed by atoms with van der Waals surface area (Å²) in [5.41, 5.74) is 0. The van der Waals surface area contributed by atoms with E-state index >= 15 is 0 Å². The predicted octanol–water partition coefficient (Wildman–Crippen LogP) is 3.62. The first-order valence-corrected chi connectivity index (χ1v) is 7.46. The van der Waals surface area contributed by atoms with Crippen LogP contribution in [0.5, 0.6) is 0 Å². The zero-order chi connectivity index (χ0) is 13.8. The van der Waals surface area contributed by atoms with Crippen LogP contribution >= 0.6 is 22.9 Å². The Balaban J connectivity index is 2.12. The van der Waals surface area contributed by atoms with Crippen LogP contribution in [0, 0.1) is 0 Å². The summed E-state index contributed by atoms with van der Waals surface area (Å²) in [6.07, 6.45) is 1.70. The monoisotopic (exact) mass is 298 g/mol. The van der Waals surface area contributed by atoms with Gasteiger partial charge in [0.25, 0.3) is 0 Å². The standard InChI is InChI=1S/C14H19ClN2OS/c1-10(17(2)3)9-16-14(11-5-4-8-18-11)12-6-7-13(15)19-12/h4-8,10,14,16H,9H2,1-3H3. The smallest absolute Gasteiger partial charge is 0.126 e. The molecule has 0 aromatic carbocycles. The van der Waals surface area contributed by atoms with Crippen LogP contribution < -0.4 is 5.32 Å². The molecule has 0 saturated heterocycles. The van der Waals surface area contributed by atoms with Gasteiger partial charge in [0.15, 0.2) is 0 Å². The third kappa shape index (κ3) is 3.83. The molecule has 2 aromatic rings. The second-order valence-electron chi connectivity index (χ2n) is 4.81. The number of nitrogens with zero attached hydrogens (tertiary/aromatic N) is 1. The molecule has 1 N–H and O–H groups in total. The molecule has 2 aromatic heterocycles. The molecule has 5 heteroatoms. The summed E-state index contributed by atoms with van der Waals surface area (Å²) in [7, 11) is 4.16. The molecule has 2 rings (SSSR count). The van der Waals surface area contributed by atoms with Crippen molar-refractivity contribution in [1.29, 1.82) is 0 Å². The number of furan rings is 1. The lowest BCUT2D eigenvalue weighted by molar-refractivity contribution is 0.293. The van der Waals surface area contributed by atoms with Crippen LogP contribution in [-0.2, 0) is 0 Å². The molecule has 2 heterocycles. The number of hydrogen-bond donors (Lipinski definition) is 1. The number of hydrogen-bond acceptors (Lipinski definition) is 4. The van der Waals surface area contributed by atoms with Crippen LogP contribution in [0.1, 0.15) is 23.6 Å². The van der Waals surface area contributed by atoms with Gasteiger partial charge in [0.05, 0.1) is 10.6 Å². The van der Waals surface area contributed by atoms with E-state index in [0.29, 0.717) is 6.04 Å². The van der Waals surface area contributed by atoms with Gasteiger partial charge in [-0.1, -0.05) is 11.6 Å². The highest BCUT2D eigenvalue weighted by Crippen LogP contribution is 2.31. The summed E-state index contributed by atoms with van der Waals surface area (Å²) in [5.74, 6) is 0.921. The van der Waals surface area contributed by atoms with Crippen molar-refractivity contribution in [2.45, 2.75) is 19.0 Å². The summed E-state index contributed by atoms with van der Waals surface area (Å²) in [6, 6.07) is 8.39. The molecule has 3 nitrogen and oxygen atoms in total. The van der Waals surface area contributed by atoms with E-state index in [1.165, 1.54) is 4.88 Å². The van der Waals surface area contributed by atoms with Crippen molar-refractivity contribution in [2.75, 3.05) is 20.6 Å². The third-order valence-electron chi connectivity index (χ3n) is 3.21. The molecule has 0 spiro atoms. The van der Waals surface area contributed by atoms with E-state index in [1.54, 1.807) is 17.6 Å². The lowest BCUT2D eigenvalue weighted by atomic mass is 10.1. The van der Waals surface area contributed by atoms with Crippen molar-refractivity contribution < 1.29 is 4.42 Å². The van der Waals surface area contributed by atoms with Crippen molar-refractivity contribution in [3.05, 3.63) is 45.5 Å². The fraction of sp³-hybridized carbons (Fsp3) is 0.429. The normalized spacial score (nSPS) is 14.8. The molecule has 19 heavy (non-hydrogen) atoms. The second-order valence-corrected chi connectivity index (χ2v) is 6.56. The number of likely N-dealkylation sites (N-methyl/N-ethyl adjacent to an activating group) is 1. The minimum Gasteiger partial charge on any atom is -0.467 e. The lowest BCUT2D eigenvalue weighted by Gasteiger charge is -2.23. The summed E-state index contributed by atoms with van der Waals surface area (Å²) in [4.78, 5) is 3.36. The summed E-state index contributed by atoms with van der Waals surface area (Å²) in [5, 5.41) is 3.55. The highest BCUT2D eigenvalue weighted by Gasteiger charge is 2.19. The van der Waals surface area contributed by atoms with Gasteiger partial charge in [-0.25, -0.2) is 0 Å². The predicted molar refractivity (Wildman–Crippen MR) is 81.0 cm³/mol. The van der Waals surface area contributed by atoms with Crippen molar-refractivity contribution in [2.24, 2.45) is 0 Å². The van der Waals surface area contributed by atoms with Gasteiger partial charge in [-0.15, -0.1) is 11.3 Å². The van der Waals surface area contributed by atoms with Crippen LogP contribution in [0.15, 0.2) is 34.9 Å². The van der Waals surface area contributed by atoms with E-state index in [0.717, 1.165) is 16.6 Å². The zero-order valence-corrected chi connectivity index (χ0v) is 13.0. The molecule has 0 radical (unpaired) electrons. The maximum atomic E-state index is 6.03.